The summed E-state index contributed by atoms with van der Waals surface area (Å²) < 4.78 is 5.62. The minimum atomic E-state index is 0.0384. The van der Waals surface area contributed by atoms with Crippen LogP contribution < -0.4 is 5.32 Å². The Balaban J connectivity index is 3.16. The van der Waals surface area contributed by atoms with E-state index in [9.17, 15) is 4.79 Å². The van der Waals surface area contributed by atoms with Gasteiger partial charge in [0.1, 0.15) is 0 Å². The maximum absolute atomic E-state index is 10.6. The third-order valence-electron chi connectivity index (χ3n) is 3.29. The highest BCUT2D eigenvalue weighted by Gasteiger charge is 2.02. The number of nitrogens with one attached hydrogen (secondary N) is 1. The van der Waals surface area contributed by atoms with Crippen LogP contribution in [0.2, 0.25) is 0 Å². The fraction of sp³-hybridized carbons (Fsp3) is 0.938. The van der Waals surface area contributed by atoms with E-state index in [4.69, 9.17) is 4.74 Å². The zero-order valence-corrected chi connectivity index (χ0v) is 13.2. The van der Waals surface area contributed by atoms with E-state index in [2.05, 4.69) is 19.2 Å². The average molecular weight is 271 g/mol. The zero-order chi connectivity index (χ0) is 14.3. The fourth-order valence-corrected chi connectivity index (χ4v) is 2.08. The van der Waals surface area contributed by atoms with Crippen LogP contribution in [0.3, 0.4) is 0 Å². The molecule has 0 aromatic rings. The highest BCUT2D eigenvalue weighted by molar-refractivity contribution is 5.72. The van der Waals surface area contributed by atoms with Crippen LogP contribution in [-0.4, -0.2) is 25.7 Å². The van der Waals surface area contributed by atoms with Gasteiger partial charge in [-0.15, -0.1) is 0 Å². The van der Waals surface area contributed by atoms with E-state index in [1.807, 2.05) is 0 Å². The Morgan fingerprint density at radius 1 is 1.11 bits per heavy atom. The van der Waals surface area contributed by atoms with Crippen molar-refractivity contribution in [3.05, 3.63) is 0 Å². The van der Waals surface area contributed by atoms with Crippen molar-refractivity contribution in [1.29, 1.82) is 0 Å². The van der Waals surface area contributed by atoms with Gasteiger partial charge in [-0.05, 0) is 18.8 Å². The van der Waals surface area contributed by atoms with Gasteiger partial charge in [-0.2, -0.15) is 0 Å². The third kappa shape index (κ3) is 15.4. The molecule has 0 heterocycles. The summed E-state index contributed by atoms with van der Waals surface area (Å²) in [6.07, 6.45) is 10.4. The van der Waals surface area contributed by atoms with Crippen molar-refractivity contribution in [3.63, 3.8) is 0 Å². The quantitative estimate of drug-likeness (QED) is 0.516. The summed E-state index contributed by atoms with van der Waals surface area (Å²) in [6.45, 7) is 8.39. The molecule has 19 heavy (non-hydrogen) atoms. The van der Waals surface area contributed by atoms with Gasteiger partial charge in [-0.25, -0.2) is 0 Å². The molecule has 0 aliphatic heterocycles. The lowest BCUT2D eigenvalue weighted by atomic mass is 10.0. The van der Waals surface area contributed by atoms with Crippen LogP contribution in [0.4, 0.5) is 0 Å². The molecule has 1 atom stereocenters. The van der Waals surface area contributed by atoms with Crippen molar-refractivity contribution < 1.29 is 9.53 Å². The standard InChI is InChI=1S/C16H33NO2/c1-4-5-6-7-8-9-11-15(2)14-19-13-10-12-17-16(3)18/h15H,4-14H2,1-3H3,(H,17,18)/t15-/m1/s1. The molecule has 0 unspecified atom stereocenters. The van der Waals surface area contributed by atoms with Gasteiger partial charge < -0.3 is 10.1 Å². The van der Waals surface area contributed by atoms with E-state index in [0.717, 1.165) is 26.2 Å². The van der Waals surface area contributed by atoms with Crippen LogP contribution in [0.5, 0.6) is 0 Å². The Labute approximate surface area is 119 Å². The molecule has 0 aromatic carbocycles. The Kier molecular flexibility index (Phi) is 13.4. The number of hydrogen-bond acceptors (Lipinski definition) is 2. The lowest BCUT2D eigenvalue weighted by molar-refractivity contribution is -0.119. The number of ether oxygens (including phenoxy) is 1. The average Bonchev–Trinajstić information content (AvgIpc) is 2.37. The van der Waals surface area contributed by atoms with Crippen molar-refractivity contribution in [2.75, 3.05) is 19.8 Å². The minimum absolute atomic E-state index is 0.0384. The second-order valence-electron chi connectivity index (χ2n) is 5.57. The second kappa shape index (κ2) is 13.9. The molecule has 0 saturated heterocycles. The van der Waals surface area contributed by atoms with Crippen LogP contribution in [0.25, 0.3) is 0 Å². The predicted molar refractivity (Wildman–Crippen MR) is 81.3 cm³/mol. The zero-order valence-electron chi connectivity index (χ0n) is 13.2. The van der Waals surface area contributed by atoms with Gasteiger partial charge in [-0.1, -0.05) is 52.4 Å². The first kappa shape index (κ1) is 18.4. The van der Waals surface area contributed by atoms with Crippen LogP contribution in [0, 0.1) is 5.92 Å². The van der Waals surface area contributed by atoms with Crippen LogP contribution >= 0.6 is 0 Å². The summed E-state index contributed by atoms with van der Waals surface area (Å²) >= 11 is 0. The Morgan fingerprint density at radius 3 is 2.47 bits per heavy atom. The maximum Gasteiger partial charge on any atom is 0.216 e. The first-order valence-corrected chi connectivity index (χ1v) is 7.99. The maximum atomic E-state index is 10.6. The third-order valence-corrected chi connectivity index (χ3v) is 3.29. The van der Waals surface area contributed by atoms with E-state index in [1.54, 1.807) is 6.92 Å². The topological polar surface area (TPSA) is 38.3 Å². The SMILES string of the molecule is CCCCCCCC[C@@H](C)COCCCNC(C)=O. The number of rotatable bonds is 13. The molecule has 1 amide bonds. The van der Waals surface area contributed by atoms with Crippen molar-refractivity contribution in [3.8, 4) is 0 Å². The molecule has 0 radical (unpaired) electrons. The molecule has 3 nitrogen and oxygen atoms in total. The van der Waals surface area contributed by atoms with Gasteiger partial charge in [-0.3, -0.25) is 4.79 Å². The van der Waals surface area contributed by atoms with E-state index in [1.165, 1.54) is 44.9 Å². The van der Waals surface area contributed by atoms with Crippen molar-refractivity contribution >= 4 is 5.91 Å². The van der Waals surface area contributed by atoms with Crippen LogP contribution in [-0.2, 0) is 9.53 Å². The molecular formula is C16H33NO2. The molecule has 0 fully saturated rings. The molecule has 0 aliphatic rings. The molecule has 0 saturated carbocycles. The van der Waals surface area contributed by atoms with Gasteiger partial charge in [0.15, 0.2) is 0 Å². The lowest BCUT2D eigenvalue weighted by Crippen LogP contribution is -2.22. The fourth-order valence-electron chi connectivity index (χ4n) is 2.08. The second-order valence-corrected chi connectivity index (χ2v) is 5.57. The molecule has 3 heteroatoms. The molecular weight excluding hydrogens is 238 g/mol. The summed E-state index contributed by atoms with van der Waals surface area (Å²) in [5, 5.41) is 2.77. The molecule has 0 spiro atoms. The van der Waals surface area contributed by atoms with Crippen molar-refractivity contribution in [1.82, 2.24) is 5.32 Å². The molecule has 1 N–H and O–H groups in total. The Bertz CT molecular complexity index is 207. The summed E-state index contributed by atoms with van der Waals surface area (Å²) in [6, 6.07) is 0. The van der Waals surface area contributed by atoms with E-state index >= 15 is 0 Å². The first-order chi connectivity index (χ1) is 9.16. The molecule has 0 rings (SSSR count). The largest absolute Gasteiger partial charge is 0.381 e. The number of amides is 1. The van der Waals surface area contributed by atoms with Gasteiger partial charge in [0, 0.05) is 26.7 Å². The van der Waals surface area contributed by atoms with Gasteiger partial charge in [0.25, 0.3) is 0 Å². The molecule has 114 valence electrons. The smallest absolute Gasteiger partial charge is 0.216 e. The number of carbonyl (C=O) groups excluding carboxylic acids is 1. The van der Waals surface area contributed by atoms with E-state index in [-0.39, 0.29) is 5.91 Å². The normalized spacial score (nSPS) is 12.4. The number of unbranched alkanes of at least 4 members (excludes halogenated alkanes) is 5. The lowest BCUT2D eigenvalue weighted by Gasteiger charge is -2.12. The summed E-state index contributed by atoms with van der Waals surface area (Å²) in [4.78, 5) is 10.6. The highest BCUT2D eigenvalue weighted by atomic mass is 16.5. The molecule has 0 bridgehead atoms. The number of hydrogen-bond donors (Lipinski definition) is 1. The Morgan fingerprint density at radius 2 is 1.79 bits per heavy atom. The summed E-state index contributed by atoms with van der Waals surface area (Å²) in [5.74, 6) is 0.698. The summed E-state index contributed by atoms with van der Waals surface area (Å²) in [7, 11) is 0. The predicted octanol–water partition coefficient (Wildman–Crippen LogP) is 3.92. The number of carbonyl (C=O) groups is 1. The highest BCUT2D eigenvalue weighted by Crippen LogP contribution is 2.12. The van der Waals surface area contributed by atoms with Crippen LogP contribution in [0.1, 0.15) is 72.1 Å². The van der Waals surface area contributed by atoms with Gasteiger partial charge in [0.05, 0.1) is 0 Å². The Hall–Kier alpha value is -0.570. The van der Waals surface area contributed by atoms with E-state index < -0.39 is 0 Å². The van der Waals surface area contributed by atoms with Crippen LogP contribution in [0.15, 0.2) is 0 Å². The monoisotopic (exact) mass is 271 g/mol. The first-order valence-electron chi connectivity index (χ1n) is 7.99. The van der Waals surface area contributed by atoms with Gasteiger partial charge >= 0.3 is 0 Å². The summed E-state index contributed by atoms with van der Waals surface area (Å²) in [5.41, 5.74) is 0. The minimum Gasteiger partial charge on any atom is -0.381 e. The van der Waals surface area contributed by atoms with E-state index in [0.29, 0.717) is 5.92 Å². The molecule has 0 aromatic heterocycles. The van der Waals surface area contributed by atoms with Gasteiger partial charge in [0.2, 0.25) is 5.91 Å². The van der Waals surface area contributed by atoms with Crippen molar-refractivity contribution in [2.45, 2.75) is 72.1 Å². The van der Waals surface area contributed by atoms with Crippen molar-refractivity contribution in [2.24, 2.45) is 5.92 Å². The molecule has 0 aliphatic carbocycles.